The summed E-state index contributed by atoms with van der Waals surface area (Å²) in [6, 6.07) is 0. The minimum atomic E-state index is 0.139. The smallest absolute Gasteiger partial charge is 0.234 e. The number of carbonyl (C=O) groups is 1. The molecule has 86 valence electrons. The van der Waals surface area contributed by atoms with E-state index in [0.29, 0.717) is 12.5 Å². The van der Waals surface area contributed by atoms with Gasteiger partial charge in [-0.15, -0.1) is 0 Å². The maximum atomic E-state index is 11.5. The Labute approximate surface area is 90.6 Å². The van der Waals surface area contributed by atoms with E-state index in [1.54, 1.807) is 0 Å². The van der Waals surface area contributed by atoms with Gasteiger partial charge in [0.25, 0.3) is 0 Å². The van der Waals surface area contributed by atoms with Gasteiger partial charge in [-0.1, -0.05) is 0 Å². The fourth-order valence-corrected chi connectivity index (χ4v) is 2.04. The van der Waals surface area contributed by atoms with Crippen LogP contribution in [0.4, 0.5) is 0 Å². The molecule has 0 radical (unpaired) electrons. The summed E-state index contributed by atoms with van der Waals surface area (Å²) in [5.41, 5.74) is 0. The Hall–Kier alpha value is -0.610. The molecule has 1 saturated heterocycles. The first-order chi connectivity index (χ1) is 7.28. The van der Waals surface area contributed by atoms with Crippen LogP contribution in [-0.2, 0) is 4.79 Å². The van der Waals surface area contributed by atoms with E-state index in [0.717, 1.165) is 32.0 Å². The summed E-state index contributed by atoms with van der Waals surface area (Å²) in [6.07, 6.45) is 3.57. The largest absolute Gasteiger partial charge is 0.396 e. The molecule has 0 aromatic rings. The van der Waals surface area contributed by atoms with Gasteiger partial charge in [0, 0.05) is 19.7 Å². The summed E-state index contributed by atoms with van der Waals surface area (Å²) in [5, 5.41) is 11.9. The number of likely N-dealkylation sites (tertiary alicyclic amines) is 1. The molecule has 2 fully saturated rings. The lowest BCUT2D eigenvalue weighted by Crippen LogP contribution is -2.37. The number of hydrogen-bond donors (Lipinski definition) is 2. The van der Waals surface area contributed by atoms with E-state index in [9.17, 15) is 4.79 Å². The predicted molar refractivity (Wildman–Crippen MR) is 57.4 cm³/mol. The van der Waals surface area contributed by atoms with Crippen LogP contribution in [-0.4, -0.2) is 48.7 Å². The van der Waals surface area contributed by atoms with Gasteiger partial charge in [0.1, 0.15) is 0 Å². The number of aliphatic hydroxyl groups excluding tert-OH is 1. The molecule has 0 aromatic carbocycles. The first-order valence-corrected chi connectivity index (χ1v) is 5.88. The van der Waals surface area contributed by atoms with Crippen molar-refractivity contribution >= 4 is 5.91 Å². The minimum Gasteiger partial charge on any atom is -0.396 e. The van der Waals surface area contributed by atoms with Gasteiger partial charge in [0.05, 0.1) is 6.54 Å². The van der Waals surface area contributed by atoms with Crippen LogP contribution in [0.1, 0.15) is 19.3 Å². The van der Waals surface area contributed by atoms with Crippen LogP contribution in [0.2, 0.25) is 0 Å². The number of nitrogens with one attached hydrogen (secondary N) is 1. The summed E-state index contributed by atoms with van der Waals surface area (Å²) in [5.74, 6) is 1.26. The van der Waals surface area contributed by atoms with Crippen molar-refractivity contribution in [2.24, 2.45) is 11.8 Å². The van der Waals surface area contributed by atoms with Gasteiger partial charge < -0.3 is 10.4 Å². The lowest BCUT2D eigenvalue weighted by atomic mass is 10.1. The quantitative estimate of drug-likeness (QED) is 0.665. The van der Waals surface area contributed by atoms with Crippen molar-refractivity contribution in [1.29, 1.82) is 0 Å². The van der Waals surface area contributed by atoms with Gasteiger partial charge in [-0.25, -0.2) is 0 Å². The molecule has 1 aliphatic carbocycles. The zero-order chi connectivity index (χ0) is 10.7. The van der Waals surface area contributed by atoms with E-state index in [4.69, 9.17) is 5.11 Å². The first kappa shape index (κ1) is 10.9. The average molecular weight is 212 g/mol. The fraction of sp³-hybridized carbons (Fsp3) is 0.909. The van der Waals surface area contributed by atoms with Crippen molar-refractivity contribution in [2.75, 3.05) is 32.8 Å². The van der Waals surface area contributed by atoms with Crippen molar-refractivity contribution < 1.29 is 9.90 Å². The standard InChI is InChI=1S/C11H20N2O2/c14-8-10-3-4-13(6-10)7-11(15)12-5-9-1-2-9/h9-10,14H,1-8H2,(H,12,15). The first-order valence-electron chi connectivity index (χ1n) is 5.88. The van der Waals surface area contributed by atoms with Crippen LogP contribution >= 0.6 is 0 Å². The second-order valence-electron chi connectivity index (χ2n) is 4.82. The normalized spacial score (nSPS) is 26.9. The molecular formula is C11H20N2O2. The summed E-state index contributed by atoms with van der Waals surface area (Å²) < 4.78 is 0. The fourth-order valence-electron chi connectivity index (χ4n) is 2.04. The topological polar surface area (TPSA) is 52.6 Å². The minimum absolute atomic E-state index is 0.139. The molecular weight excluding hydrogens is 192 g/mol. The summed E-state index contributed by atoms with van der Waals surface area (Å²) in [7, 11) is 0. The highest BCUT2D eigenvalue weighted by atomic mass is 16.3. The van der Waals surface area contributed by atoms with E-state index < -0.39 is 0 Å². The van der Waals surface area contributed by atoms with E-state index in [1.165, 1.54) is 12.8 Å². The maximum Gasteiger partial charge on any atom is 0.234 e. The Morgan fingerprint density at radius 3 is 2.73 bits per heavy atom. The molecule has 15 heavy (non-hydrogen) atoms. The molecule has 1 atom stereocenters. The van der Waals surface area contributed by atoms with Crippen LogP contribution in [0.15, 0.2) is 0 Å². The van der Waals surface area contributed by atoms with Gasteiger partial charge in [-0.2, -0.15) is 0 Å². The van der Waals surface area contributed by atoms with Crippen LogP contribution in [0.25, 0.3) is 0 Å². The van der Waals surface area contributed by atoms with Crippen LogP contribution in [0, 0.1) is 11.8 Å². The van der Waals surface area contributed by atoms with Crippen molar-refractivity contribution in [2.45, 2.75) is 19.3 Å². The second-order valence-corrected chi connectivity index (χ2v) is 4.82. The Morgan fingerprint density at radius 2 is 2.13 bits per heavy atom. The molecule has 1 unspecified atom stereocenters. The second kappa shape index (κ2) is 4.94. The summed E-state index contributed by atoms with van der Waals surface area (Å²) >= 11 is 0. The van der Waals surface area contributed by atoms with Crippen LogP contribution in [0.3, 0.4) is 0 Å². The third kappa shape index (κ3) is 3.47. The number of amides is 1. The van der Waals surface area contributed by atoms with Crippen molar-refractivity contribution in [3.05, 3.63) is 0 Å². The molecule has 2 aliphatic rings. The van der Waals surface area contributed by atoms with Gasteiger partial charge >= 0.3 is 0 Å². The van der Waals surface area contributed by atoms with Gasteiger partial charge in [-0.3, -0.25) is 9.69 Å². The number of aliphatic hydroxyl groups is 1. The number of nitrogens with zero attached hydrogens (tertiary/aromatic N) is 1. The van der Waals surface area contributed by atoms with Crippen LogP contribution < -0.4 is 5.32 Å². The third-order valence-corrected chi connectivity index (χ3v) is 3.28. The lowest BCUT2D eigenvalue weighted by Gasteiger charge is -2.14. The number of rotatable bonds is 5. The maximum absolute atomic E-state index is 11.5. The highest BCUT2D eigenvalue weighted by Gasteiger charge is 2.25. The zero-order valence-corrected chi connectivity index (χ0v) is 9.11. The Bertz CT molecular complexity index is 229. The molecule has 0 aromatic heterocycles. The Balaban J connectivity index is 1.61. The number of carbonyl (C=O) groups excluding carboxylic acids is 1. The van der Waals surface area contributed by atoms with E-state index in [-0.39, 0.29) is 12.5 Å². The predicted octanol–water partition coefficient (Wildman–Crippen LogP) is -0.173. The molecule has 0 spiro atoms. The molecule has 1 aliphatic heterocycles. The molecule has 2 rings (SSSR count). The van der Waals surface area contributed by atoms with Crippen LogP contribution in [0.5, 0.6) is 0 Å². The average Bonchev–Trinajstić information content (AvgIpc) is 2.96. The molecule has 2 N–H and O–H groups in total. The molecule has 4 nitrogen and oxygen atoms in total. The van der Waals surface area contributed by atoms with E-state index in [1.807, 2.05) is 0 Å². The highest BCUT2D eigenvalue weighted by molar-refractivity contribution is 5.78. The Morgan fingerprint density at radius 1 is 1.33 bits per heavy atom. The summed E-state index contributed by atoms with van der Waals surface area (Å²) in [6.45, 7) is 3.43. The van der Waals surface area contributed by atoms with Crippen molar-refractivity contribution in [1.82, 2.24) is 10.2 Å². The molecule has 1 saturated carbocycles. The molecule has 0 bridgehead atoms. The SMILES string of the molecule is O=C(CN1CCC(CO)C1)NCC1CC1. The highest BCUT2D eigenvalue weighted by Crippen LogP contribution is 2.27. The molecule has 1 heterocycles. The van der Waals surface area contributed by atoms with Gasteiger partial charge in [0.15, 0.2) is 0 Å². The van der Waals surface area contributed by atoms with Gasteiger partial charge in [-0.05, 0) is 37.6 Å². The van der Waals surface area contributed by atoms with Gasteiger partial charge in [0.2, 0.25) is 5.91 Å². The van der Waals surface area contributed by atoms with Crippen molar-refractivity contribution in [3.63, 3.8) is 0 Å². The lowest BCUT2D eigenvalue weighted by molar-refractivity contribution is -0.122. The number of hydrogen-bond acceptors (Lipinski definition) is 3. The van der Waals surface area contributed by atoms with Crippen molar-refractivity contribution in [3.8, 4) is 0 Å². The van der Waals surface area contributed by atoms with E-state index >= 15 is 0 Å². The monoisotopic (exact) mass is 212 g/mol. The third-order valence-electron chi connectivity index (χ3n) is 3.28. The Kier molecular flexibility index (Phi) is 3.59. The molecule has 1 amide bonds. The van der Waals surface area contributed by atoms with E-state index in [2.05, 4.69) is 10.2 Å². The zero-order valence-electron chi connectivity index (χ0n) is 9.11. The molecule has 4 heteroatoms. The summed E-state index contributed by atoms with van der Waals surface area (Å²) in [4.78, 5) is 13.6.